The Morgan fingerprint density at radius 1 is 1.20 bits per heavy atom. The molecule has 0 atom stereocenters. The Morgan fingerprint density at radius 2 is 1.95 bits per heavy atom. The van der Waals surface area contributed by atoms with Crippen molar-refractivity contribution < 1.29 is 14.6 Å². The number of methoxy groups -OCH3 is 1. The topological polar surface area (TPSA) is 46.5 Å². The molecule has 4 heteroatoms. The van der Waals surface area contributed by atoms with Crippen molar-refractivity contribution >= 4 is 23.1 Å². The van der Waals surface area contributed by atoms with Gasteiger partial charge in [0.15, 0.2) is 0 Å². The Bertz CT molecular complexity index is 677. The molecule has 0 fully saturated rings. The van der Waals surface area contributed by atoms with Gasteiger partial charge in [-0.05, 0) is 47.0 Å². The maximum absolute atomic E-state index is 11.4. The maximum Gasteiger partial charge on any atom is 0.336 e. The zero-order chi connectivity index (χ0) is 14.7. The van der Waals surface area contributed by atoms with Crippen LogP contribution in [0.3, 0.4) is 0 Å². The molecular weight excluding hydrogens is 276 g/mol. The summed E-state index contributed by atoms with van der Waals surface area (Å²) in [5.74, 6) is -0.535. The van der Waals surface area contributed by atoms with Crippen LogP contribution in [-0.4, -0.2) is 18.2 Å². The van der Waals surface area contributed by atoms with Crippen molar-refractivity contribution in [3.63, 3.8) is 0 Å². The van der Waals surface area contributed by atoms with E-state index in [0.717, 1.165) is 5.56 Å². The van der Waals surface area contributed by atoms with E-state index in [-0.39, 0.29) is 5.56 Å². The van der Waals surface area contributed by atoms with Crippen LogP contribution in [0.15, 0.2) is 49.0 Å². The third-order valence-corrected chi connectivity index (χ3v) is 3.19. The van der Waals surface area contributed by atoms with Crippen LogP contribution in [0.5, 0.6) is 5.75 Å². The van der Waals surface area contributed by atoms with E-state index in [1.165, 1.54) is 13.2 Å². The van der Waals surface area contributed by atoms with Gasteiger partial charge in [0, 0.05) is 5.02 Å². The lowest BCUT2D eigenvalue weighted by Crippen LogP contribution is -2.03. The molecule has 0 saturated carbocycles. The maximum atomic E-state index is 11.4. The van der Waals surface area contributed by atoms with Gasteiger partial charge in [0.1, 0.15) is 5.75 Å². The summed E-state index contributed by atoms with van der Waals surface area (Å²) < 4.78 is 5.05. The normalized spacial score (nSPS) is 10.1. The first-order valence-corrected chi connectivity index (χ1v) is 6.27. The van der Waals surface area contributed by atoms with Crippen LogP contribution in [0.25, 0.3) is 5.57 Å². The highest BCUT2D eigenvalue weighted by Crippen LogP contribution is 2.29. The molecule has 0 spiro atoms. The predicted molar refractivity (Wildman–Crippen MR) is 79.5 cm³/mol. The number of hydrogen-bond donors (Lipinski definition) is 1. The Labute approximate surface area is 122 Å². The number of rotatable bonds is 4. The zero-order valence-electron chi connectivity index (χ0n) is 10.9. The molecule has 0 bridgehead atoms. The van der Waals surface area contributed by atoms with Gasteiger partial charge in [-0.25, -0.2) is 4.79 Å². The fraction of sp³-hybridized carbons (Fsp3) is 0.0625. The molecule has 1 N–H and O–H groups in total. The van der Waals surface area contributed by atoms with Crippen LogP contribution < -0.4 is 4.74 Å². The number of ether oxygens (including phenoxy) is 1. The summed E-state index contributed by atoms with van der Waals surface area (Å²) in [5, 5.41) is 9.89. The molecule has 0 aromatic heterocycles. The standard InChI is InChI=1S/C16H13ClO3/c1-10(11-4-3-5-12(17)8-11)14-7-6-13(20-2)9-15(14)16(18)19/h3-9H,1H2,2H3,(H,18,19). The number of carbonyl (C=O) groups is 1. The summed E-state index contributed by atoms with van der Waals surface area (Å²) >= 11 is 5.95. The van der Waals surface area contributed by atoms with Gasteiger partial charge in [-0.1, -0.05) is 30.3 Å². The smallest absolute Gasteiger partial charge is 0.336 e. The fourth-order valence-corrected chi connectivity index (χ4v) is 2.11. The van der Waals surface area contributed by atoms with Crippen molar-refractivity contribution in [2.75, 3.05) is 7.11 Å². The Balaban J connectivity index is 2.52. The van der Waals surface area contributed by atoms with Crippen LogP contribution >= 0.6 is 11.6 Å². The highest BCUT2D eigenvalue weighted by atomic mass is 35.5. The van der Waals surface area contributed by atoms with Crippen molar-refractivity contribution in [1.29, 1.82) is 0 Å². The van der Waals surface area contributed by atoms with E-state index in [0.29, 0.717) is 21.9 Å². The average molecular weight is 289 g/mol. The lowest BCUT2D eigenvalue weighted by Gasteiger charge is -2.11. The van der Waals surface area contributed by atoms with Gasteiger partial charge < -0.3 is 9.84 Å². The van der Waals surface area contributed by atoms with Crippen molar-refractivity contribution in [3.05, 3.63) is 70.8 Å². The second-order valence-corrected chi connectivity index (χ2v) is 4.64. The van der Waals surface area contributed by atoms with Gasteiger partial charge >= 0.3 is 5.97 Å². The van der Waals surface area contributed by atoms with Gasteiger partial charge in [0.05, 0.1) is 12.7 Å². The van der Waals surface area contributed by atoms with Gasteiger partial charge in [-0.15, -0.1) is 0 Å². The van der Waals surface area contributed by atoms with E-state index in [2.05, 4.69) is 6.58 Å². The third kappa shape index (κ3) is 2.83. The van der Waals surface area contributed by atoms with E-state index < -0.39 is 5.97 Å². The molecule has 0 radical (unpaired) electrons. The van der Waals surface area contributed by atoms with Gasteiger partial charge in [-0.2, -0.15) is 0 Å². The van der Waals surface area contributed by atoms with Crippen LogP contribution in [0.2, 0.25) is 5.02 Å². The van der Waals surface area contributed by atoms with Crippen molar-refractivity contribution in [3.8, 4) is 5.75 Å². The Hall–Kier alpha value is -2.26. The molecule has 102 valence electrons. The number of benzene rings is 2. The van der Waals surface area contributed by atoms with E-state index in [4.69, 9.17) is 16.3 Å². The van der Waals surface area contributed by atoms with Crippen LogP contribution in [0.1, 0.15) is 21.5 Å². The molecule has 0 saturated heterocycles. The largest absolute Gasteiger partial charge is 0.497 e. The van der Waals surface area contributed by atoms with Gasteiger partial charge in [-0.3, -0.25) is 0 Å². The summed E-state index contributed by atoms with van der Waals surface area (Å²) in [5.41, 5.74) is 2.08. The number of halogens is 1. The molecular formula is C16H13ClO3. The van der Waals surface area contributed by atoms with E-state index >= 15 is 0 Å². The molecule has 0 heterocycles. The molecule has 0 aliphatic rings. The van der Waals surface area contributed by atoms with Crippen LogP contribution in [0, 0.1) is 0 Å². The first-order valence-electron chi connectivity index (χ1n) is 5.89. The summed E-state index contributed by atoms with van der Waals surface area (Å²) in [6.07, 6.45) is 0. The highest BCUT2D eigenvalue weighted by Gasteiger charge is 2.15. The monoisotopic (exact) mass is 288 g/mol. The van der Waals surface area contributed by atoms with E-state index in [1.807, 2.05) is 6.07 Å². The number of carboxylic acid groups (broad SMARTS) is 1. The SMILES string of the molecule is C=C(c1cccc(Cl)c1)c1ccc(OC)cc1C(=O)O. The second-order valence-electron chi connectivity index (χ2n) is 4.21. The first kappa shape index (κ1) is 14.2. The minimum absolute atomic E-state index is 0.148. The van der Waals surface area contributed by atoms with Gasteiger partial charge in [0.25, 0.3) is 0 Å². The molecule has 2 aromatic rings. The lowest BCUT2D eigenvalue weighted by molar-refractivity contribution is 0.0696. The molecule has 3 nitrogen and oxygen atoms in total. The molecule has 0 unspecified atom stereocenters. The molecule has 2 aromatic carbocycles. The number of carboxylic acids is 1. The molecule has 0 aliphatic heterocycles. The molecule has 0 amide bonds. The first-order chi connectivity index (χ1) is 9.52. The van der Waals surface area contributed by atoms with E-state index in [1.54, 1.807) is 30.3 Å². The van der Waals surface area contributed by atoms with Crippen molar-refractivity contribution in [2.24, 2.45) is 0 Å². The summed E-state index contributed by atoms with van der Waals surface area (Å²) in [6.45, 7) is 3.97. The predicted octanol–water partition coefficient (Wildman–Crippen LogP) is 4.11. The van der Waals surface area contributed by atoms with Crippen LogP contribution in [0.4, 0.5) is 0 Å². The lowest BCUT2D eigenvalue weighted by atomic mass is 9.95. The molecule has 2 rings (SSSR count). The minimum atomic E-state index is -1.03. The number of aromatic carboxylic acids is 1. The summed E-state index contributed by atoms with van der Waals surface area (Å²) in [7, 11) is 1.49. The van der Waals surface area contributed by atoms with Gasteiger partial charge in [0.2, 0.25) is 0 Å². The fourth-order valence-electron chi connectivity index (χ4n) is 1.92. The molecule has 20 heavy (non-hydrogen) atoms. The van der Waals surface area contributed by atoms with Crippen molar-refractivity contribution in [2.45, 2.75) is 0 Å². The quantitative estimate of drug-likeness (QED) is 0.921. The summed E-state index contributed by atoms with van der Waals surface area (Å²) in [4.78, 5) is 11.4. The van der Waals surface area contributed by atoms with Crippen molar-refractivity contribution in [1.82, 2.24) is 0 Å². The zero-order valence-corrected chi connectivity index (χ0v) is 11.6. The Morgan fingerprint density at radius 3 is 2.55 bits per heavy atom. The van der Waals surface area contributed by atoms with Crippen LogP contribution in [-0.2, 0) is 0 Å². The van der Waals surface area contributed by atoms with E-state index in [9.17, 15) is 9.90 Å². The average Bonchev–Trinajstić information content (AvgIpc) is 2.45. The summed E-state index contributed by atoms with van der Waals surface area (Å²) in [6, 6.07) is 12.0. The Kier molecular flexibility index (Phi) is 4.11. The number of hydrogen-bond acceptors (Lipinski definition) is 2. The third-order valence-electron chi connectivity index (χ3n) is 2.96. The minimum Gasteiger partial charge on any atom is -0.497 e. The highest BCUT2D eigenvalue weighted by molar-refractivity contribution is 6.30. The second kappa shape index (κ2) is 5.80. The molecule has 0 aliphatic carbocycles.